The summed E-state index contributed by atoms with van der Waals surface area (Å²) in [7, 11) is 1.89. The van der Waals surface area contributed by atoms with Gasteiger partial charge in [-0.05, 0) is 83.7 Å². The minimum Gasteiger partial charge on any atom is -0.459 e. The molecule has 224 valence electrons. The molecule has 2 saturated heterocycles. The van der Waals surface area contributed by atoms with Crippen LogP contribution in [0.3, 0.4) is 0 Å². The summed E-state index contributed by atoms with van der Waals surface area (Å²) >= 11 is 0. The van der Waals surface area contributed by atoms with E-state index in [-0.39, 0.29) is 35.7 Å². The average molecular weight is 567 g/mol. The Morgan fingerprint density at radius 3 is 2.44 bits per heavy atom. The molecule has 9 heteroatoms. The summed E-state index contributed by atoms with van der Waals surface area (Å²) in [6, 6.07) is 10.1. The number of carbonyl (C=O) groups is 1. The van der Waals surface area contributed by atoms with E-state index in [0.29, 0.717) is 44.1 Å². The fourth-order valence-electron chi connectivity index (χ4n) is 6.94. The maximum atomic E-state index is 14.0. The van der Waals surface area contributed by atoms with Gasteiger partial charge in [-0.1, -0.05) is 24.6 Å². The molecule has 2 aromatic rings. The first-order valence-electron chi connectivity index (χ1n) is 15.4. The average Bonchev–Trinajstić information content (AvgIpc) is 3.23. The Balaban J connectivity index is 1.46. The number of hydrogen-bond acceptors (Lipinski definition) is 6. The van der Waals surface area contributed by atoms with Crippen molar-refractivity contribution in [2.75, 3.05) is 39.4 Å². The van der Waals surface area contributed by atoms with Crippen LogP contribution in [-0.2, 0) is 21.3 Å². The molecule has 5 rings (SSSR count). The van der Waals surface area contributed by atoms with Gasteiger partial charge in [0, 0.05) is 62.5 Å². The number of piperidine rings is 2. The molecule has 3 atom stereocenters. The number of aromatic nitrogens is 2. The molecule has 1 aromatic heterocycles. The number of rotatable bonds is 9. The van der Waals surface area contributed by atoms with E-state index in [4.69, 9.17) is 9.47 Å². The fourth-order valence-corrected chi connectivity index (χ4v) is 6.94. The third kappa shape index (κ3) is 6.17. The van der Waals surface area contributed by atoms with Crippen molar-refractivity contribution in [3.05, 3.63) is 63.8 Å². The second-order valence-electron chi connectivity index (χ2n) is 11.6. The lowest BCUT2D eigenvalue weighted by Crippen LogP contribution is -2.49. The predicted molar refractivity (Wildman–Crippen MR) is 158 cm³/mol. The molecule has 1 aromatic carbocycles. The molecule has 3 aliphatic rings. The molecule has 41 heavy (non-hydrogen) atoms. The maximum absolute atomic E-state index is 14.0. The number of carbonyl (C=O) groups excluding carboxylic acids is 1. The van der Waals surface area contributed by atoms with Crippen molar-refractivity contribution in [3.63, 3.8) is 0 Å². The minimum atomic E-state index is -0.685. The third-order valence-electron chi connectivity index (χ3n) is 9.21. The number of allylic oxidation sites excluding steroid dienone is 1. The zero-order chi connectivity index (χ0) is 28.9. The van der Waals surface area contributed by atoms with Crippen molar-refractivity contribution in [2.24, 2.45) is 13.0 Å². The molecule has 0 unspecified atom stereocenters. The van der Waals surface area contributed by atoms with Gasteiger partial charge in [0.05, 0.1) is 5.69 Å². The van der Waals surface area contributed by atoms with Gasteiger partial charge in [-0.3, -0.25) is 14.3 Å². The van der Waals surface area contributed by atoms with Crippen molar-refractivity contribution in [2.45, 2.75) is 77.0 Å². The Morgan fingerprint density at radius 2 is 1.78 bits per heavy atom. The molecule has 0 spiro atoms. The SMILES string of the molecule is CCO[C@@H]1OC(C(=O)N2CCC(N3CCCCC3)CC2)=C[C@H](c2c(C)n(C)n(-c3ccccc3)c2=O)[C@@H]1CCCO. The number of aliphatic hydroxyl groups excluding tert-OH is 1. The minimum absolute atomic E-state index is 0.0333. The molecule has 0 aliphatic carbocycles. The fraction of sp³-hybridized carbons (Fsp3) is 0.625. The Morgan fingerprint density at radius 1 is 1.07 bits per heavy atom. The molecule has 0 bridgehead atoms. The van der Waals surface area contributed by atoms with E-state index in [1.54, 1.807) is 4.68 Å². The number of aliphatic hydroxyl groups is 1. The molecular formula is C32H46N4O5. The van der Waals surface area contributed by atoms with Crippen molar-refractivity contribution in [1.82, 2.24) is 19.2 Å². The highest BCUT2D eigenvalue weighted by Crippen LogP contribution is 2.40. The number of ether oxygens (including phenoxy) is 2. The van der Waals surface area contributed by atoms with Gasteiger partial charge in [0.25, 0.3) is 11.5 Å². The largest absolute Gasteiger partial charge is 0.459 e. The highest BCUT2D eigenvalue weighted by molar-refractivity contribution is 5.92. The van der Waals surface area contributed by atoms with E-state index in [9.17, 15) is 14.7 Å². The monoisotopic (exact) mass is 566 g/mol. The summed E-state index contributed by atoms with van der Waals surface area (Å²) in [5, 5.41) is 9.67. The Hall–Kier alpha value is -2.88. The van der Waals surface area contributed by atoms with E-state index >= 15 is 0 Å². The summed E-state index contributed by atoms with van der Waals surface area (Å²) in [5.41, 5.74) is 2.14. The van der Waals surface area contributed by atoms with Crippen molar-refractivity contribution in [3.8, 4) is 5.69 Å². The number of amides is 1. The standard InChI is InChI=1S/C32H46N4O5/c1-4-40-32-26(14-11-21-37)27(29-23(2)33(3)36(31(29)39)25-12-7-5-8-13-25)22-28(41-32)30(38)35-19-15-24(16-20-35)34-17-9-6-10-18-34/h5,7-8,12-13,22,24,26-27,32,37H,4,6,9-11,14-21H2,1-3H3/t26-,27-,32+/m0/s1. The van der Waals surface area contributed by atoms with Gasteiger partial charge in [0.1, 0.15) is 0 Å². The van der Waals surface area contributed by atoms with Crippen LogP contribution in [-0.4, -0.2) is 81.9 Å². The third-order valence-corrected chi connectivity index (χ3v) is 9.21. The zero-order valence-electron chi connectivity index (χ0n) is 24.8. The Labute approximate surface area is 243 Å². The molecule has 1 amide bonds. The number of para-hydroxylation sites is 1. The number of benzene rings is 1. The van der Waals surface area contributed by atoms with Crippen molar-refractivity contribution < 1.29 is 19.4 Å². The smallest absolute Gasteiger partial charge is 0.288 e. The van der Waals surface area contributed by atoms with Crippen LogP contribution in [0.1, 0.15) is 69.0 Å². The number of hydrogen-bond donors (Lipinski definition) is 1. The molecular weight excluding hydrogens is 520 g/mol. The summed E-state index contributed by atoms with van der Waals surface area (Å²) < 4.78 is 15.9. The van der Waals surface area contributed by atoms with Crippen molar-refractivity contribution >= 4 is 5.91 Å². The molecule has 0 saturated carbocycles. The first kappa shape index (κ1) is 29.6. The van der Waals surface area contributed by atoms with Gasteiger partial charge < -0.3 is 24.4 Å². The molecule has 9 nitrogen and oxygen atoms in total. The van der Waals surface area contributed by atoms with E-state index < -0.39 is 6.29 Å². The molecule has 2 fully saturated rings. The zero-order valence-corrected chi connectivity index (χ0v) is 24.8. The Bertz CT molecular complexity index is 1250. The maximum Gasteiger partial charge on any atom is 0.288 e. The summed E-state index contributed by atoms with van der Waals surface area (Å²) in [4.78, 5) is 32.4. The van der Waals surface area contributed by atoms with Gasteiger partial charge in [-0.15, -0.1) is 0 Å². The van der Waals surface area contributed by atoms with Crippen LogP contribution in [0.15, 0.2) is 47.0 Å². The lowest BCUT2D eigenvalue weighted by atomic mass is 9.80. The van der Waals surface area contributed by atoms with E-state index in [0.717, 1.165) is 37.3 Å². The topological polar surface area (TPSA) is 89.2 Å². The van der Waals surface area contributed by atoms with Gasteiger partial charge in [-0.25, -0.2) is 4.68 Å². The van der Waals surface area contributed by atoms with E-state index in [1.165, 1.54) is 19.3 Å². The van der Waals surface area contributed by atoms with Gasteiger partial charge in [-0.2, -0.15) is 0 Å². The quantitative estimate of drug-likeness (QED) is 0.498. The lowest BCUT2D eigenvalue weighted by molar-refractivity contribution is -0.171. The summed E-state index contributed by atoms with van der Waals surface area (Å²) in [6.07, 6.45) is 8.11. The van der Waals surface area contributed by atoms with Gasteiger partial charge >= 0.3 is 0 Å². The molecule has 4 heterocycles. The first-order chi connectivity index (χ1) is 19.9. The van der Waals surface area contributed by atoms with Crippen molar-refractivity contribution in [1.29, 1.82) is 0 Å². The summed E-state index contributed by atoms with van der Waals surface area (Å²) in [5.74, 6) is -0.477. The summed E-state index contributed by atoms with van der Waals surface area (Å²) in [6.45, 7) is 8.03. The number of likely N-dealkylation sites (tertiary alicyclic amines) is 2. The van der Waals surface area contributed by atoms with E-state index in [2.05, 4.69) is 4.90 Å². The van der Waals surface area contributed by atoms with Crippen LogP contribution in [0.2, 0.25) is 0 Å². The second kappa shape index (κ2) is 13.4. The first-order valence-corrected chi connectivity index (χ1v) is 15.4. The van der Waals surface area contributed by atoms with Crippen LogP contribution >= 0.6 is 0 Å². The van der Waals surface area contributed by atoms with E-state index in [1.807, 2.05) is 66.9 Å². The van der Waals surface area contributed by atoms with Crippen LogP contribution in [0.4, 0.5) is 0 Å². The Kier molecular flexibility index (Phi) is 9.68. The molecule has 1 N–H and O–H groups in total. The molecule has 0 radical (unpaired) electrons. The number of nitrogens with zero attached hydrogens (tertiary/aromatic N) is 4. The normalized spacial score (nSPS) is 24.2. The van der Waals surface area contributed by atoms with Crippen LogP contribution in [0.5, 0.6) is 0 Å². The van der Waals surface area contributed by atoms with Crippen LogP contribution in [0, 0.1) is 12.8 Å². The second-order valence-corrected chi connectivity index (χ2v) is 11.6. The highest BCUT2D eigenvalue weighted by atomic mass is 16.7. The van der Waals surface area contributed by atoms with Gasteiger partial charge in [0.2, 0.25) is 6.29 Å². The van der Waals surface area contributed by atoms with Crippen LogP contribution < -0.4 is 5.56 Å². The van der Waals surface area contributed by atoms with Crippen LogP contribution in [0.25, 0.3) is 5.69 Å². The van der Waals surface area contributed by atoms with Gasteiger partial charge in [0.15, 0.2) is 5.76 Å². The highest BCUT2D eigenvalue weighted by Gasteiger charge is 2.42. The lowest BCUT2D eigenvalue weighted by Gasteiger charge is -2.41. The predicted octanol–water partition coefficient (Wildman–Crippen LogP) is 3.71. The molecule has 3 aliphatic heterocycles.